The zero-order chi connectivity index (χ0) is 21.1. The molecule has 0 bridgehead atoms. The molecule has 2 rings (SSSR count). The molecule has 7 nitrogen and oxygen atoms in total. The van der Waals surface area contributed by atoms with Gasteiger partial charge in [-0.05, 0) is 49.7 Å². The Morgan fingerprint density at radius 2 is 1.61 bits per heavy atom. The Labute approximate surface area is 166 Å². The van der Waals surface area contributed by atoms with E-state index < -0.39 is 25.8 Å². The summed E-state index contributed by atoms with van der Waals surface area (Å²) >= 11 is 0. The summed E-state index contributed by atoms with van der Waals surface area (Å²) in [5, 5.41) is 2.70. The highest BCUT2D eigenvalue weighted by Gasteiger charge is 2.22. The number of benzene rings is 2. The van der Waals surface area contributed by atoms with Crippen molar-refractivity contribution >= 4 is 25.8 Å². The largest absolute Gasteiger partial charge is 0.348 e. The summed E-state index contributed by atoms with van der Waals surface area (Å²) < 4.78 is 49.4. The summed E-state index contributed by atoms with van der Waals surface area (Å²) in [6.45, 7) is 3.77. The molecule has 152 valence electrons. The predicted octanol–water partition coefficient (Wildman–Crippen LogP) is 2.05. The van der Waals surface area contributed by atoms with Crippen LogP contribution in [0.25, 0.3) is 0 Å². The number of hydrogen-bond acceptors (Lipinski definition) is 5. The zero-order valence-electron chi connectivity index (χ0n) is 16.2. The Kier molecular flexibility index (Phi) is 6.63. The first-order valence-corrected chi connectivity index (χ1v) is 11.9. The van der Waals surface area contributed by atoms with Crippen molar-refractivity contribution in [1.82, 2.24) is 9.62 Å². The van der Waals surface area contributed by atoms with Crippen LogP contribution in [-0.2, 0) is 26.4 Å². The van der Waals surface area contributed by atoms with Gasteiger partial charge in [0.2, 0.25) is 10.0 Å². The summed E-state index contributed by atoms with van der Waals surface area (Å²) in [5.41, 5.74) is 0.958. The molecule has 28 heavy (non-hydrogen) atoms. The van der Waals surface area contributed by atoms with Crippen LogP contribution >= 0.6 is 0 Å². The van der Waals surface area contributed by atoms with Crippen molar-refractivity contribution in [2.45, 2.75) is 36.2 Å². The van der Waals surface area contributed by atoms with Gasteiger partial charge >= 0.3 is 0 Å². The number of nitrogens with one attached hydrogen (secondary N) is 1. The molecule has 0 aliphatic carbocycles. The summed E-state index contributed by atoms with van der Waals surface area (Å²) in [6, 6.07) is 11.9. The maximum Gasteiger partial charge on any atom is 0.251 e. The van der Waals surface area contributed by atoms with Crippen LogP contribution in [0.3, 0.4) is 0 Å². The highest BCUT2D eigenvalue weighted by molar-refractivity contribution is 7.90. The Morgan fingerprint density at radius 1 is 1.00 bits per heavy atom. The summed E-state index contributed by atoms with van der Waals surface area (Å²) in [4.78, 5) is 12.5. The summed E-state index contributed by atoms with van der Waals surface area (Å²) in [6.07, 6.45) is 1.08. The van der Waals surface area contributed by atoms with Crippen LogP contribution in [0.5, 0.6) is 0 Å². The summed E-state index contributed by atoms with van der Waals surface area (Å²) in [7, 11) is -5.43. The van der Waals surface area contributed by atoms with Gasteiger partial charge in [-0.25, -0.2) is 16.8 Å². The lowest BCUT2D eigenvalue weighted by atomic mass is 10.2. The molecule has 0 heterocycles. The van der Waals surface area contributed by atoms with Gasteiger partial charge < -0.3 is 5.32 Å². The topological polar surface area (TPSA) is 101 Å². The fourth-order valence-corrected chi connectivity index (χ4v) is 4.41. The third kappa shape index (κ3) is 5.18. The minimum absolute atomic E-state index is 0.0731. The quantitative estimate of drug-likeness (QED) is 0.733. The van der Waals surface area contributed by atoms with E-state index in [2.05, 4.69) is 5.32 Å². The second kappa shape index (κ2) is 8.42. The van der Waals surface area contributed by atoms with Crippen LogP contribution in [-0.4, -0.2) is 46.4 Å². The maximum atomic E-state index is 12.5. The number of sulfonamides is 1. The number of sulfone groups is 1. The third-order valence-corrected chi connectivity index (χ3v) is 7.46. The van der Waals surface area contributed by atoms with Crippen LogP contribution in [0, 0.1) is 0 Å². The standard InChI is InChI=1S/C19H24N2O5S2/c1-14(2)21(3)28(25,26)17-10-8-15(9-11-17)13-20-19(22)16-6-5-7-18(12-16)27(4,23)24/h5-12,14H,13H2,1-4H3,(H,20,22). The van der Waals surface area contributed by atoms with Crippen molar-refractivity contribution in [3.8, 4) is 0 Å². The van der Waals surface area contributed by atoms with E-state index in [1.807, 2.05) is 0 Å². The van der Waals surface area contributed by atoms with E-state index in [0.717, 1.165) is 11.8 Å². The fourth-order valence-electron chi connectivity index (χ4n) is 2.38. The first-order chi connectivity index (χ1) is 12.9. The van der Waals surface area contributed by atoms with E-state index in [0.29, 0.717) is 0 Å². The molecule has 0 atom stereocenters. The van der Waals surface area contributed by atoms with Crippen LogP contribution < -0.4 is 5.32 Å². The van der Waals surface area contributed by atoms with E-state index in [1.54, 1.807) is 26.0 Å². The SMILES string of the molecule is CC(C)N(C)S(=O)(=O)c1ccc(CNC(=O)c2cccc(S(C)(=O)=O)c2)cc1. The van der Waals surface area contributed by atoms with Gasteiger partial charge in [-0.1, -0.05) is 18.2 Å². The lowest BCUT2D eigenvalue weighted by Crippen LogP contribution is -2.33. The Bertz CT molecular complexity index is 1060. The average Bonchev–Trinajstić information content (AvgIpc) is 2.65. The van der Waals surface area contributed by atoms with Crippen molar-refractivity contribution < 1.29 is 21.6 Å². The van der Waals surface area contributed by atoms with E-state index in [4.69, 9.17) is 0 Å². The molecule has 0 saturated carbocycles. The fraction of sp³-hybridized carbons (Fsp3) is 0.316. The van der Waals surface area contributed by atoms with Gasteiger partial charge in [0.25, 0.3) is 5.91 Å². The molecule has 0 unspecified atom stereocenters. The molecular formula is C19H24N2O5S2. The smallest absolute Gasteiger partial charge is 0.251 e. The second-order valence-corrected chi connectivity index (χ2v) is 10.8. The Hall–Kier alpha value is -2.23. The molecule has 1 amide bonds. The van der Waals surface area contributed by atoms with Crippen molar-refractivity contribution in [3.05, 3.63) is 59.7 Å². The highest BCUT2D eigenvalue weighted by Crippen LogP contribution is 2.17. The van der Waals surface area contributed by atoms with E-state index in [-0.39, 0.29) is 27.9 Å². The van der Waals surface area contributed by atoms with Gasteiger partial charge in [0, 0.05) is 31.5 Å². The van der Waals surface area contributed by atoms with Crippen molar-refractivity contribution in [3.63, 3.8) is 0 Å². The Balaban J connectivity index is 2.09. The normalized spacial score (nSPS) is 12.4. The van der Waals surface area contributed by atoms with Crippen molar-refractivity contribution in [2.24, 2.45) is 0 Å². The minimum Gasteiger partial charge on any atom is -0.348 e. The van der Waals surface area contributed by atoms with Crippen molar-refractivity contribution in [1.29, 1.82) is 0 Å². The predicted molar refractivity (Wildman–Crippen MR) is 107 cm³/mol. The molecule has 0 saturated heterocycles. The molecule has 0 aliphatic heterocycles. The van der Waals surface area contributed by atoms with Gasteiger partial charge in [-0.15, -0.1) is 0 Å². The van der Waals surface area contributed by atoms with Crippen LogP contribution in [0.15, 0.2) is 58.3 Å². The van der Waals surface area contributed by atoms with Gasteiger partial charge in [0.15, 0.2) is 9.84 Å². The molecule has 0 fully saturated rings. The van der Waals surface area contributed by atoms with Gasteiger partial charge in [-0.2, -0.15) is 4.31 Å². The van der Waals surface area contributed by atoms with Crippen LogP contribution in [0.4, 0.5) is 0 Å². The molecule has 0 radical (unpaired) electrons. The number of rotatable bonds is 7. The third-order valence-electron chi connectivity index (χ3n) is 4.31. The molecule has 2 aromatic rings. The van der Waals surface area contributed by atoms with E-state index in [9.17, 15) is 21.6 Å². The van der Waals surface area contributed by atoms with Crippen LogP contribution in [0.1, 0.15) is 29.8 Å². The first kappa shape index (κ1) is 22.1. The molecule has 9 heteroatoms. The molecule has 0 spiro atoms. The zero-order valence-corrected chi connectivity index (χ0v) is 17.8. The maximum absolute atomic E-state index is 12.5. The summed E-state index contributed by atoms with van der Waals surface area (Å²) in [5.74, 6) is -0.415. The molecule has 1 N–H and O–H groups in total. The number of hydrogen-bond donors (Lipinski definition) is 1. The van der Waals surface area contributed by atoms with Gasteiger partial charge in [-0.3, -0.25) is 4.79 Å². The van der Waals surface area contributed by atoms with Crippen molar-refractivity contribution in [2.75, 3.05) is 13.3 Å². The van der Waals surface area contributed by atoms with E-state index >= 15 is 0 Å². The van der Waals surface area contributed by atoms with Gasteiger partial charge in [0.1, 0.15) is 0 Å². The lowest BCUT2D eigenvalue weighted by molar-refractivity contribution is 0.0950. The average molecular weight is 425 g/mol. The lowest BCUT2D eigenvalue weighted by Gasteiger charge is -2.21. The molecule has 2 aromatic carbocycles. The van der Waals surface area contributed by atoms with Gasteiger partial charge in [0.05, 0.1) is 9.79 Å². The number of carbonyl (C=O) groups is 1. The number of amides is 1. The van der Waals surface area contributed by atoms with E-state index in [1.165, 1.54) is 47.8 Å². The molecule has 0 aromatic heterocycles. The number of carbonyl (C=O) groups excluding carboxylic acids is 1. The first-order valence-electron chi connectivity index (χ1n) is 8.58. The number of nitrogens with zero attached hydrogens (tertiary/aromatic N) is 1. The monoisotopic (exact) mass is 424 g/mol. The molecule has 0 aliphatic rings. The molecular weight excluding hydrogens is 400 g/mol. The second-order valence-electron chi connectivity index (χ2n) is 6.74. The van der Waals surface area contributed by atoms with Crippen LogP contribution in [0.2, 0.25) is 0 Å². The highest BCUT2D eigenvalue weighted by atomic mass is 32.2. The minimum atomic E-state index is -3.56. The Morgan fingerprint density at radius 3 is 2.14 bits per heavy atom.